The minimum Gasteiger partial charge on any atom is -0.461 e. The van der Waals surface area contributed by atoms with Gasteiger partial charge in [0.25, 0.3) is 0 Å². The second kappa shape index (κ2) is 3.42. The molecule has 0 saturated heterocycles. The van der Waals surface area contributed by atoms with Gasteiger partial charge in [-0.2, -0.15) is 9.64 Å². The molecule has 2 rings (SSSR count). The molecular formula is C9H6N2OS. The number of nitriles is 1. The molecule has 1 aromatic heterocycles. The maximum atomic E-state index is 8.34. The first kappa shape index (κ1) is 8.02. The number of hydrogen-bond acceptors (Lipinski definition) is 4. The zero-order valence-corrected chi connectivity index (χ0v) is 7.54. The van der Waals surface area contributed by atoms with Crippen molar-refractivity contribution < 1.29 is 4.74 Å². The van der Waals surface area contributed by atoms with Crippen LogP contribution in [0.4, 0.5) is 0 Å². The minimum absolute atomic E-state index is 0.0493. The van der Waals surface area contributed by atoms with Crippen LogP contribution in [0.2, 0.25) is 0 Å². The number of ether oxygens (including phenoxy) is 1. The molecule has 0 bridgehead atoms. The number of aromatic nitrogens is 1. The SMILES string of the molecule is N#CCOc1nsc2ccccc12. The van der Waals surface area contributed by atoms with Gasteiger partial charge in [0.2, 0.25) is 5.88 Å². The molecule has 1 heterocycles. The van der Waals surface area contributed by atoms with E-state index < -0.39 is 0 Å². The summed E-state index contributed by atoms with van der Waals surface area (Å²) in [6.07, 6.45) is 0. The van der Waals surface area contributed by atoms with Crippen molar-refractivity contribution in [3.05, 3.63) is 24.3 Å². The Bertz CT molecular complexity index is 458. The molecule has 0 N–H and O–H groups in total. The Morgan fingerprint density at radius 3 is 3.15 bits per heavy atom. The van der Waals surface area contributed by atoms with Gasteiger partial charge >= 0.3 is 0 Å². The van der Waals surface area contributed by atoms with E-state index in [2.05, 4.69) is 4.37 Å². The van der Waals surface area contributed by atoms with Gasteiger partial charge in [-0.3, -0.25) is 0 Å². The predicted molar refractivity (Wildman–Crippen MR) is 50.7 cm³/mol. The fourth-order valence-electron chi connectivity index (χ4n) is 1.07. The fourth-order valence-corrected chi connectivity index (χ4v) is 1.79. The lowest BCUT2D eigenvalue weighted by molar-refractivity contribution is 0.362. The molecule has 0 amide bonds. The highest BCUT2D eigenvalue weighted by Gasteiger charge is 2.04. The van der Waals surface area contributed by atoms with Crippen molar-refractivity contribution in [3.63, 3.8) is 0 Å². The van der Waals surface area contributed by atoms with Crippen LogP contribution in [-0.2, 0) is 0 Å². The van der Waals surface area contributed by atoms with Crippen molar-refractivity contribution in [1.29, 1.82) is 5.26 Å². The molecule has 2 aromatic rings. The Morgan fingerprint density at radius 2 is 2.31 bits per heavy atom. The number of rotatable bonds is 2. The molecular weight excluding hydrogens is 184 g/mol. The average Bonchev–Trinajstić information content (AvgIpc) is 2.58. The summed E-state index contributed by atoms with van der Waals surface area (Å²) in [5, 5.41) is 9.31. The second-order valence-corrected chi connectivity index (χ2v) is 3.24. The van der Waals surface area contributed by atoms with Crippen LogP contribution in [0.15, 0.2) is 24.3 Å². The van der Waals surface area contributed by atoms with Crippen molar-refractivity contribution in [2.75, 3.05) is 6.61 Å². The molecule has 0 aliphatic heterocycles. The molecule has 4 heteroatoms. The summed E-state index contributed by atoms with van der Waals surface area (Å²) in [6.45, 7) is 0.0493. The van der Waals surface area contributed by atoms with Crippen molar-refractivity contribution in [1.82, 2.24) is 4.37 Å². The summed E-state index contributed by atoms with van der Waals surface area (Å²) in [6, 6.07) is 9.71. The molecule has 13 heavy (non-hydrogen) atoms. The number of fused-ring (bicyclic) bond motifs is 1. The third-order valence-corrected chi connectivity index (χ3v) is 2.43. The van der Waals surface area contributed by atoms with Crippen molar-refractivity contribution in [2.24, 2.45) is 0 Å². The highest BCUT2D eigenvalue weighted by Crippen LogP contribution is 2.27. The molecule has 0 saturated carbocycles. The summed E-state index contributed by atoms with van der Waals surface area (Å²) in [4.78, 5) is 0. The smallest absolute Gasteiger partial charge is 0.234 e. The molecule has 0 aliphatic carbocycles. The van der Waals surface area contributed by atoms with E-state index >= 15 is 0 Å². The highest BCUT2D eigenvalue weighted by atomic mass is 32.1. The number of nitrogens with zero attached hydrogens (tertiary/aromatic N) is 2. The third kappa shape index (κ3) is 1.46. The lowest BCUT2D eigenvalue weighted by Gasteiger charge is -1.95. The first-order valence-electron chi connectivity index (χ1n) is 3.76. The topological polar surface area (TPSA) is 45.9 Å². The van der Waals surface area contributed by atoms with E-state index in [9.17, 15) is 0 Å². The molecule has 3 nitrogen and oxygen atoms in total. The van der Waals surface area contributed by atoms with Gasteiger partial charge in [0, 0.05) is 0 Å². The van der Waals surface area contributed by atoms with E-state index in [0.717, 1.165) is 10.1 Å². The predicted octanol–water partition coefficient (Wildman–Crippen LogP) is 2.20. The molecule has 1 aromatic carbocycles. The van der Waals surface area contributed by atoms with Crippen LogP contribution < -0.4 is 4.74 Å². The maximum Gasteiger partial charge on any atom is 0.234 e. The standard InChI is InChI=1S/C9H6N2OS/c10-5-6-12-9-7-3-1-2-4-8(7)13-11-9/h1-4H,6H2. The van der Waals surface area contributed by atoms with Crippen molar-refractivity contribution in [2.45, 2.75) is 0 Å². The Balaban J connectivity index is 2.41. The maximum absolute atomic E-state index is 8.34. The Labute approximate surface area is 79.4 Å². The van der Waals surface area contributed by atoms with Crippen LogP contribution in [0.1, 0.15) is 0 Å². The number of hydrogen-bond donors (Lipinski definition) is 0. The molecule has 0 aliphatic rings. The first-order chi connectivity index (χ1) is 6.42. The molecule has 0 fully saturated rings. The van der Waals surface area contributed by atoms with Gasteiger partial charge in [-0.25, -0.2) is 0 Å². The lowest BCUT2D eigenvalue weighted by atomic mass is 10.3. The third-order valence-electron chi connectivity index (χ3n) is 1.62. The van der Waals surface area contributed by atoms with Crippen molar-refractivity contribution >= 4 is 21.6 Å². The van der Waals surface area contributed by atoms with Gasteiger partial charge in [-0.15, -0.1) is 0 Å². The largest absolute Gasteiger partial charge is 0.461 e. The van der Waals surface area contributed by atoms with Gasteiger partial charge in [0.1, 0.15) is 6.07 Å². The molecule has 0 spiro atoms. The Morgan fingerprint density at radius 1 is 1.46 bits per heavy atom. The lowest BCUT2D eigenvalue weighted by Crippen LogP contribution is -1.93. The normalized spacial score (nSPS) is 9.77. The molecule has 0 unspecified atom stereocenters. The number of benzene rings is 1. The monoisotopic (exact) mass is 190 g/mol. The zero-order valence-electron chi connectivity index (χ0n) is 6.73. The quantitative estimate of drug-likeness (QED) is 0.729. The van der Waals surface area contributed by atoms with Gasteiger partial charge in [-0.05, 0) is 23.7 Å². The molecule has 0 radical (unpaired) electrons. The van der Waals surface area contributed by atoms with Gasteiger partial charge < -0.3 is 4.74 Å². The van der Waals surface area contributed by atoms with E-state index in [1.807, 2.05) is 30.3 Å². The van der Waals surface area contributed by atoms with E-state index in [1.54, 1.807) is 0 Å². The van der Waals surface area contributed by atoms with Crippen LogP contribution in [0.5, 0.6) is 5.88 Å². The Kier molecular flexibility index (Phi) is 2.11. The van der Waals surface area contributed by atoms with Crippen LogP contribution in [0.25, 0.3) is 10.1 Å². The van der Waals surface area contributed by atoms with Gasteiger partial charge in [0.15, 0.2) is 6.61 Å². The summed E-state index contributed by atoms with van der Waals surface area (Å²) in [5.41, 5.74) is 0. The minimum atomic E-state index is 0.0493. The van der Waals surface area contributed by atoms with Gasteiger partial charge in [0.05, 0.1) is 10.1 Å². The summed E-state index contributed by atoms with van der Waals surface area (Å²) in [5.74, 6) is 0.558. The van der Waals surface area contributed by atoms with Crippen LogP contribution >= 0.6 is 11.5 Å². The molecule has 0 atom stereocenters. The van der Waals surface area contributed by atoms with Crippen LogP contribution in [-0.4, -0.2) is 11.0 Å². The van der Waals surface area contributed by atoms with E-state index in [1.165, 1.54) is 11.5 Å². The summed E-state index contributed by atoms with van der Waals surface area (Å²) < 4.78 is 10.3. The van der Waals surface area contributed by atoms with E-state index in [4.69, 9.17) is 10.00 Å². The van der Waals surface area contributed by atoms with E-state index in [0.29, 0.717) is 5.88 Å². The second-order valence-electron chi connectivity index (χ2n) is 2.43. The first-order valence-corrected chi connectivity index (χ1v) is 4.53. The average molecular weight is 190 g/mol. The van der Waals surface area contributed by atoms with Crippen LogP contribution in [0.3, 0.4) is 0 Å². The highest BCUT2D eigenvalue weighted by molar-refractivity contribution is 7.13. The fraction of sp³-hybridized carbons (Fsp3) is 0.111. The summed E-state index contributed by atoms with van der Waals surface area (Å²) in [7, 11) is 0. The summed E-state index contributed by atoms with van der Waals surface area (Å²) >= 11 is 1.38. The Hall–Kier alpha value is -1.60. The molecule has 64 valence electrons. The van der Waals surface area contributed by atoms with E-state index in [-0.39, 0.29) is 6.61 Å². The van der Waals surface area contributed by atoms with Gasteiger partial charge in [-0.1, -0.05) is 12.1 Å². The van der Waals surface area contributed by atoms with Crippen LogP contribution in [0, 0.1) is 11.3 Å². The zero-order chi connectivity index (χ0) is 9.10. The van der Waals surface area contributed by atoms with Crippen molar-refractivity contribution in [3.8, 4) is 11.9 Å².